The third-order valence-electron chi connectivity index (χ3n) is 3.34. The summed E-state index contributed by atoms with van der Waals surface area (Å²) in [6.07, 6.45) is 1.05. The highest BCUT2D eigenvalue weighted by molar-refractivity contribution is 5.23. The summed E-state index contributed by atoms with van der Waals surface area (Å²) in [6.45, 7) is 3.80. The van der Waals surface area contributed by atoms with Crippen molar-refractivity contribution in [3.05, 3.63) is 71.3 Å². The van der Waals surface area contributed by atoms with Crippen molar-refractivity contribution in [2.45, 2.75) is 32.5 Å². The van der Waals surface area contributed by atoms with E-state index < -0.39 is 0 Å². The Morgan fingerprint density at radius 3 is 2.40 bits per heavy atom. The minimum atomic E-state index is 0.462. The average molecular weight is 269 g/mol. The van der Waals surface area contributed by atoms with Gasteiger partial charge in [-0.15, -0.1) is 0 Å². The summed E-state index contributed by atoms with van der Waals surface area (Å²) in [5.41, 5.74) is 3.91. The molecule has 0 aliphatic carbocycles. The zero-order chi connectivity index (χ0) is 14.2. The summed E-state index contributed by atoms with van der Waals surface area (Å²) in [6, 6.07) is 19.6. The summed E-state index contributed by atoms with van der Waals surface area (Å²) in [4.78, 5) is 0. The molecule has 1 atom stereocenters. The average Bonchev–Trinajstić information content (AvgIpc) is 2.47. The van der Waals surface area contributed by atoms with E-state index in [0.717, 1.165) is 13.0 Å². The molecule has 0 heterocycles. The highest BCUT2D eigenvalue weighted by atomic mass is 16.5. The maximum absolute atomic E-state index is 5.17. The highest BCUT2D eigenvalue weighted by Crippen LogP contribution is 2.08. The largest absolute Gasteiger partial charge is 0.380 e. The first kappa shape index (κ1) is 14.8. The predicted molar refractivity (Wildman–Crippen MR) is 83.6 cm³/mol. The van der Waals surface area contributed by atoms with Crippen LogP contribution in [0.5, 0.6) is 0 Å². The van der Waals surface area contributed by atoms with Gasteiger partial charge in [-0.05, 0) is 30.0 Å². The molecule has 0 radical (unpaired) electrons. The molecule has 0 aliphatic heterocycles. The molecule has 1 N–H and O–H groups in total. The molecule has 0 spiro atoms. The Bertz CT molecular complexity index is 510. The van der Waals surface area contributed by atoms with Crippen LogP contribution in [0, 0.1) is 0 Å². The quantitative estimate of drug-likeness (QED) is 0.830. The smallest absolute Gasteiger partial charge is 0.0713 e. The van der Waals surface area contributed by atoms with Gasteiger partial charge in [0.15, 0.2) is 0 Å². The van der Waals surface area contributed by atoms with Crippen molar-refractivity contribution >= 4 is 0 Å². The van der Waals surface area contributed by atoms with Crippen LogP contribution in [0.3, 0.4) is 0 Å². The lowest BCUT2D eigenvalue weighted by atomic mass is 10.1. The first-order valence-electron chi connectivity index (χ1n) is 7.12. The molecule has 0 aliphatic rings. The van der Waals surface area contributed by atoms with Crippen molar-refractivity contribution in [1.29, 1.82) is 0 Å². The van der Waals surface area contributed by atoms with Crippen molar-refractivity contribution in [2.24, 2.45) is 0 Å². The highest BCUT2D eigenvalue weighted by Gasteiger charge is 2.03. The molecule has 0 bridgehead atoms. The van der Waals surface area contributed by atoms with E-state index in [1.165, 1.54) is 16.7 Å². The van der Waals surface area contributed by atoms with Crippen molar-refractivity contribution < 1.29 is 4.74 Å². The van der Waals surface area contributed by atoms with Gasteiger partial charge in [-0.3, -0.25) is 0 Å². The molecule has 2 heteroatoms. The monoisotopic (exact) mass is 269 g/mol. The number of methoxy groups -OCH3 is 1. The number of benzene rings is 2. The van der Waals surface area contributed by atoms with Gasteiger partial charge in [0.05, 0.1) is 6.61 Å². The number of hydrogen-bond donors (Lipinski definition) is 1. The van der Waals surface area contributed by atoms with E-state index in [-0.39, 0.29) is 0 Å². The lowest BCUT2D eigenvalue weighted by molar-refractivity contribution is 0.185. The lowest BCUT2D eigenvalue weighted by Gasteiger charge is -2.14. The molecule has 1 unspecified atom stereocenters. The number of ether oxygens (including phenoxy) is 1. The standard InChI is InChI=1S/C18H23NO/c1-15(11-16-7-4-3-5-8-16)19-13-17-9-6-10-18(12-17)14-20-2/h3-10,12,15,19H,11,13-14H2,1-2H3. The second kappa shape index (κ2) is 7.83. The Morgan fingerprint density at radius 2 is 1.65 bits per heavy atom. The van der Waals surface area contributed by atoms with Gasteiger partial charge < -0.3 is 10.1 Å². The fraction of sp³-hybridized carbons (Fsp3) is 0.333. The first-order chi connectivity index (χ1) is 9.78. The molecular weight excluding hydrogens is 246 g/mol. The fourth-order valence-corrected chi connectivity index (χ4v) is 2.33. The van der Waals surface area contributed by atoms with Gasteiger partial charge in [0.2, 0.25) is 0 Å². The molecule has 0 amide bonds. The van der Waals surface area contributed by atoms with Crippen LogP contribution in [0.15, 0.2) is 54.6 Å². The van der Waals surface area contributed by atoms with Gasteiger partial charge >= 0.3 is 0 Å². The summed E-state index contributed by atoms with van der Waals surface area (Å²) in [5.74, 6) is 0. The molecule has 106 valence electrons. The van der Waals surface area contributed by atoms with E-state index >= 15 is 0 Å². The van der Waals surface area contributed by atoms with Gasteiger partial charge in [-0.2, -0.15) is 0 Å². The zero-order valence-corrected chi connectivity index (χ0v) is 12.3. The maximum atomic E-state index is 5.17. The van der Waals surface area contributed by atoms with E-state index in [1.807, 2.05) is 0 Å². The van der Waals surface area contributed by atoms with E-state index in [9.17, 15) is 0 Å². The van der Waals surface area contributed by atoms with Gasteiger partial charge in [-0.1, -0.05) is 54.6 Å². The molecule has 20 heavy (non-hydrogen) atoms. The van der Waals surface area contributed by atoms with Crippen molar-refractivity contribution in [1.82, 2.24) is 5.32 Å². The summed E-state index contributed by atoms with van der Waals surface area (Å²) in [7, 11) is 1.73. The Labute approximate surface area is 121 Å². The molecule has 2 rings (SSSR count). The van der Waals surface area contributed by atoms with E-state index in [2.05, 4.69) is 66.8 Å². The second-order valence-electron chi connectivity index (χ2n) is 5.22. The zero-order valence-electron chi connectivity index (χ0n) is 12.3. The SMILES string of the molecule is COCc1cccc(CNC(C)Cc2ccccc2)c1. The van der Waals surface area contributed by atoms with Crippen LogP contribution in [-0.4, -0.2) is 13.2 Å². The molecule has 2 nitrogen and oxygen atoms in total. The minimum absolute atomic E-state index is 0.462. The maximum Gasteiger partial charge on any atom is 0.0713 e. The third-order valence-corrected chi connectivity index (χ3v) is 3.34. The number of hydrogen-bond acceptors (Lipinski definition) is 2. The molecule has 0 saturated heterocycles. The third kappa shape index (κ3) is 4.80. The van der Waals surface area contributed by atoms with Crippen LogP contribution < -0.4 is 5.32 Å². The van der Waals surface area contributed by atoms with Crippen molar-refractivity contribution in [3.8, 4) is 0 Å². The Balaban J connectivity index is 1.83. The number of nitrogens with one attached hydrogen (secondary N) is 1. The molecule has 0 aromatic heterocycles. The molecule has 0 saturated carbocycles. The first-order valence-corrected chi connectivity index (χ1v) is 7.12. The summed E-state index contributed by atoms with van der Waals surface area (Å²) >= 11 is 0. The molecule has 2 aromatic carbocycles. The fourth-order valence-electron chi connectivity index (χ4n) is 2.33. The van der Waals surface area contributed by atoms with Gasteiger partial charge in [0, 0.05) is 19.7 Å². The van der Waals surface area contributed by atoms with E-state index in [1.54, 1.807) is 7.11 Å². The van der Waals surface area contributed by atoms with Crippen LogP contribution in [0.4, 0.5) is 0 Å². The van der Waals surface area contributed by atoms with Crippen LogP contribution in [0.25, 0.3) is 0 Å². The number of rotatable bonds is 7. The Morgan fingerprint density at radius 1 is 0.950 bits per heavy atom. The van der Waals surface area contributed by atoms with Gasteiger partial charge in [0.25, 0.3) is 0 Å². The summed E-state index contributed by atoms with van der Waals surface area (Å²) in [5, 5.41) is 3.58. The van der Waals surface area contributed by atoms with Gasteiger partial charge in [0.1, 0.15) is 0 Å². The predicted octanol–water partition coefficient (Wildman–Crippen LogP) is 3.55. The second-order valence-corrected chi connectivity index (χ2v) is 5.22. The lowest BCUT2D eigenvalue weighted by Crippen LogP contribution is -2.27. The van der Waals surface area contributed by atoms with Crippen LogP contribution >= 0.6 is 0 Å². The van der Waals surface area contributed by atoms with Crippen LogP contribution in [0.2, 0.25) is 0 Å². The van der Waals surface area contributed by atoms with E-state index in [4.69, 9.17) is 4.74 Å². The van der Waals surface area contributed by atoms with Gasteiger partial charge in [-0.25, -0.2) is 0 Å². The normalized spacial score (nSPS) is 12.3. The minimum Gasteiger partial charge on any atom is -0.380 e. The van der Waals surface area contributed by atoms with Crippen LogP contribution in [-0.2, 0) is 24.3 Å². The molecule has 0 fully saturated rings. The summed E-state index contributed by atoms with van der Waals surface area (Å²) < 4.78 is 5.17. The van der Waals surface area contributed by atoms with E-state index in [0.29, 0.717) is 12.6 Å². The topological polar surface area (TPSA) is 21.3 Å². The molecule has 2 aromatic rings. The van der Waals surface area contributed by atoms with Crippen LogP contribution in [0.1, 0.15) is 23.6 Å². The molecular formula is C18H23NO. The Hall–Kier alpha value is -1.64. The van der Waals surface area contributed by atoms with Crippen molar-refractivity contribution in [2.75, 3.05) is 7.11 Å². The van der Waals surface area contributed by atoms with Crippen molar-refractivity contribution in [3.63, 3.8) is 0 Å². The Kier molecular flexibility index (Phi) is 5.78.